The first kappa shape index (κ1) is 18.3. The van der Waals surface area contributed by atoms with Crippen molar-refractivity contribution in [1.29, 1.82) is 0 Å². The molecule has 0 unspecified atom stereocenters. The number of carbonyl (C=O) groups excluding carboxylic acids is 1. The Morgan fingerprint density at radius 3 is 2.57 bits per heavy atom. The van der Waals surface area contributed by atoms with Crippen LogP contribution in [0.3, 0.4) is 0 Å². The van der Waals surface area contributed by atoms with Crippen molar-refractivity contribution in [2.45, 2.75) is 6.54 Å². The zero-order valence-corrected chi connectivity index (χ0v) is 15.8. The molecule has 0 atom stereocenters. The molecular weight excluding hydrogens is 405 g/mol. The highest BCUT2D eigenvalue weighted by Gasteiger charge is 2.15. The van der Waals surface area contributed by atoms with E-state index in [9.17, 15) is 9.59 Å². The third-order valence-electron chi connectivity index (χ3n) is 3.97. The Balaban J connectivity index is 1.55. The summed E-state index contributed by atoms with van der Waals surface area (Å²) in [6, 6.07) is 13.0. The summed E-state index contributed by atoms with van der Waals surface area (Å²) in [7, 11) is 0. The average molecular weight is 418 g/mol. The molecule has 1 aliphatic rings. The van der Waals surface area contributed by atoms with Crippen LogP contribution in [0.25, 0.3) is 11.3 Å². The van der Waals surface area contributed by atoms with E-state index in [-0.39, 0.29) is 13.3 Å². The Kier molecular flexibility index (Phi) is 4.93. The van der Waals surface area contributed by atoms with Crippen molar-refractivity contribution in [3.8, 4) is 22.8 Å². The average Bonchev–Trinajstić information content (AvgIpc) is 3.10. The van der Waals surface area contributed by atoms with Crippen molar-refractivity contribution in [2.75, 3.05) is 12.1 Å². The summed E-state index contributed by atoms with van der Waals surface area (Å²) in [5, 5.41) is 7.71. The molecule has 1 N–H and O–H groups in total. The molecule has 0 saturated carbocycles. The molecule has 3 aromatic rings. The lowest BCUT2D eigenvalue weighted by Gasteiger charge is -2.09. The Bertz CT molecular complexity index is 1110. The number of hydrogen-bond acceptors (Lipinski definition) is 5. The Labute approximate surface area is 169 Å². The van der Waals surface area contributed by atoms with Crippen molar-refractivity contribution in [1.82, 2.24) is 9.78 Å². The normalized spacial score (nSPS) is 12.1. The molecule has 1 aromatic heterocycles. The number of nitrogens with one attached hydrogen (secondary N) is 1. The van der Waals surface area contributed by atoms with Gasteiger partial charge in [-0.1, -0.05) is 23.2 Å². The molecular formula is C19H13Cl2N3O4. The summed E-state index contributed by atoms with van der Waals surface area (Å²) in [5.74, 6) is 0.819. The zero-order valence-electron chi connectivity index (χ0n) is 14.3. The predicted molar refractivity (Wildman–Crippen MR) is 105 cm³/mol. The fourth-order valence-corrected chi connectivity index (χ4v) is 3.26. The van der Waals surface area contributed by atoms with Crippen molar-refractivity contribution in [3.63, 3.8) is 0 Å². The van der Waals surface area contributed by atoms with Gasteiger partial charge in [0.1, 0.15) is 6.54 Å². The van der Waals surface area contributed by atoms with E-state index in [0.717, 1.165) is 10.2 Å². The number of halogens is 2. The number of anilines is 1. The second-order valence-corrected chi connectivity index (χ2v) is 6.86. The molecule has 7 nitrogen and oxygen atoms in total. The van der Waals surface area contributed by atoms with Gasteiger partial charge in [-0.05, 0) is 42.5 Å². The summed E-state index contributed by atoms with van der Waals surface area (Å²) in [6.07, 6.45) is 0. The first-order valence-corrected chi connectivity index (χ1v) is 8.98. The Morgan fingerprint density at radius 2 is 1.79 bits per heavy atom. The highest BCUT2D eigenvalue weighted by molar-refractivity contribution is 6.35. The number of hydrogen-bond donors (Lipinski definition) is 1. The lowest BCUT2D eigenvalue weighted by molar-refractivity contribution is -0.117. The SMILES string of the molecule is O=C(Cn1nc(-c2ccc3c(c2)OCO3)ccc1=O)Nc1cc(Cl)cc(Cl)c1. The fraction of sp³-hybridized carbons (Fsp3) is 0.105. The second kappa shape index (κ2) is 7.53. The summed E-state index contributed by atoms with van der Waals surface area (Å²) in [6.45, 7) is -0.0965. The molecule has 2 heterocycles. The van der Waals surface area contributed by atoms with Crippen LogP contribution in [0.2, 0.25) is 10.0 Å². The minimum Gasteiger partial charge on any atom is -0.454 e. The molecule has 28 heavy (non-hydrogen) atoms. The first-order chi connectivity index (χ1) is 13.5. The maximum Gasteiger partial charge on any atom is 0.267 e. The van der Waals surface area contributed by atoms with E-state index in [4.69, 9.17) is 32.7 Å². The standard InChI is InChI=1S/C19H13Cl2N3O4/c20-12-6-13(21)8-14(7-12)22-18(25)9-24-19(26)4-2-15(23-24)11-1-3-16-17(5-11)28-10-27-16/h1-8H,9-10H2,(H,22,25). The summed E-state index contributed by atoms with van der Waals surface area (Å²) < 4.78 is 11.7. The van der Waals surface area contributed by atoms with Gasteiger partial charge in [0.2, 0.25) is 12.7 Å². The molecule has 2 aromatic carbocycles. The number of rotatable bonds is 4. The number of benzene rings is 2. The van der Waals surface area contributed by atoms with Gasteiger partial charge in [-0.3, -0.25) is 9.59 Å². The van der Waals surface area contributed by atoms with E-state index in [0.29, 0.717) is 32.9 Å². The van der Waals surface area contributed by atoms with E-state index in [1.54, 1.807) is 42.5 Å². The smallest absolute Gasteiger partial charge is 0.267 e. The van der Waals surface area contributed by atoms with Crippen LogP contribution in [-0.4, -0.2) is 22.5 Å². The van der Waals surface area contributed by atoms with E-state index < -0.39 is 11.5 Å². The number of carbonyl (C=O) groups is 1. The van der Waals surface area contributed by atoms with Gasteiger partial charge in [0, 0.05) is 27.4 Å². The molecule has 0 radical (unpaired) electrons. The summed E-state index contributed by atoms with van der Waals surface area (Å²) >= 11 is 11.9. The monoisotopic (exact) mass is 417 g/mol. The van der Waals surface area contributed by atoms with Crippen LogP contribution >= 0.6 is 23.2 Å². The van der Waals surface area contributed by atoms with Gasteiger partial charge in [-0.2, -0.15) is 5.10 Å². The van der Waals surface area contributed by atoms with Gasteiger partial charge in [0.25, 0.3) is 5.56 Å². The molecule has 0 spiro atoms. The summed E-state index contributed by atoms with van der Waals surface area (Å²) in [4.78, 5) is 24.4. The fourth-order valence-electron chi connectivity index (χ4n) is 2.73. The quantitative estimate of drug-likeness (QED) is 0.701. The Morgan fingerprint density at radius 1 is 1.04 bits per heavy atom. The van der Waals surface area contributed by atoms with Crippen LogP contribution < -0.4 is 20.3 Å². The molecule has 0 bridgehead atoms. The molecule has 0 fully saturated rings. The lowest BCUT2D eigenvalue weighted by atomic mass is 10.1. The molecule has 142 valence electrons. The van der Waals surface area contributed by atoms with Crippen LogP contribution in [0.1, 0.15) is 0 Å². The van der Waals surface area contributed by atoms with Gasteiger partial charge < -0.3 is 14.8 Å². The molecule has 1 amide bonds. The van der Waals surface area contributed by atoms with Crippen LogP contribution in [0.15, 0.2) is 53.3 Å². The van der Waals surface area contributed by atoms with Gasteiger partial charge in [-0.15, -0.1) is 0 Å². The second-order valence-electron chi connectivity index (χ2n) is 5.99. The van der Waals surface area contributed by atoms with Gasteiger partial charge >= 0.3 is 0 Å². The highest BCUT2D eigenvalue weighted by atomic mass is 35.5. The third kappa shape index (κ3) is 3.95. The number of nitrogens with zero attached hydrogens (tertiary/aromatic N) is 2. The van der Waals surface area contributed by atoms with Crippen LogP contribution in [-0.2, 0) is 11.3 Å². The zero-order chi connectivity index (χ0) is 19.7. The largest absolute Gasteiger partial charge is 0.454 e. The number of fused-ring (bicyclic) bond motifs is 1. The third-order valence-corrected chi connectivity index (χ3v) is 4.41. The van der Waals surface area contributed by atoms with Gasteiger partial charge in [0.05, 0.1) is 5.69 Å². The van der Waals surface area contributed by atoms with Crippen LogP contribution in [0.4, 0.5) is 5.69 Å². The number of ether oxygens (including phenoxy) is 2. The number of amides is 1. The molecule has 0 aliphatic carbocycles. The van der Waals surface area contributed by atoms with Crippen LogP contribution in [0, 0.1) is 0 Å². The van der Waals surface area contributed by atoms with Gasteiger partial charge in [0.15, 0.2) is 11.5 Å². The maximum atomic E-state index is 12.3. The molecule has 9 heteroatoms. The predicted octanol–water partition coefficient (Wildman–Crippen LogP) is 3.58. The van der Waals surface area contributed by atoms with Gasteiger partial charge in [-0.25, -0.2) is 4.68 Å². The number of aromatic nitrogens is 2. The minimum absolute atomic E-state index is 0.166. The Hall–Kier alpha value is -3.03. The van der Waals surface area contributed by atoms with Crippen molar-refractivity contribution in [2.24, 2.45) is 0 Å². The van der Waals surface area contributed by atoms with E-state index >= 15 is 0 Å². The maximum absolute atomic E-state index is 12.3. The molecule has 1 aliphatic heterocycles. The lowest BCUT2D eigenvalue weighted by Crippen LogP contribution is -2.29. The van der Waals surface area contributed by atoms with Crippen LogP contribution in [0.5, 0.6) is 11.5 Å². The molecule has 0 saturated heterocycles. The minimum atomic E-state index is -0.434. The van der Waals surface area contributed by atoms with E-state index in [1.807, 2.05) is 0 Å². The highest BCUT2D eigenvalue weighted by Crippen LogP contribution is 2.35. The first-order valence-electron chi connectivity index (χ1n) is 8.22. The van der Waals surface area contributed by atoms with E-state index in [2.05, 4.69) is 10.4 Å². The van der Waals surface area contributed by atoms with Crippen molar-refractivity contribution >= 4 is 34.8 Å². The van der Waals surface area contributed by atoms with Crippen molar-refractivity contribution in [3.05, 3.63) is 68.9 Å². The topological polar surface area (TPSA) is 82.5 Å². The molecule has 4 rings (SSSR count). The van der Waals surface area contributed by atoms with Crippen molar-refractivity contribution < 1.29 is 14.3 Å². The van der Waals surface area contributed by atoms with E-state index in [1.165, 1.54) is 6.07 Å². The summed E-state index contributed by atoms with van der Waals surface area (Å²) in [5.41, 5.74) is 1.29.